The number of benzene rings is 5. The standard InChI is InChI=1S/C68H87N7O9S/c1-10-13-15-19-37-79-53-28-30-55(31-29-53)82-45-57(83-56-34-32-54(33-35-56)80-38-20-16-14-11-2)46-85-62(12-3)66(77)69-43-49(6)64-71-65-63(67(73-75(65)72-64)84-61-23-18-17-22-50(61)44-76)70-59-41-58-48(5)42-68(7,8)74(60(58)40-47(59)4)36-21-39-81-52-26-24-51(78-9)25-27-52/h17-18,22-35,40-41,44,48-49,57,62H,10-16,19-21,36-39,42-43,45-46H2,1-9H3,(H,69,77)/b70-63+. The van der Waals surface area contributed by atoms with Gasteiger partial charge in [-0.3, -0.25) is 9.59 Å². The number of aromatic nitrogens is 3. The Balaban J connectivity index is 0.944. The molecule has 85 heavy (non-hydrogen) atoms. The lowest BCUT2D eigenvalue weighted by Crippen LogP contribution is -2.49. The molecule has 6 aromatic rings. The van der Waals surface area contributed by atoms with Crippen LogP contribution in [0.15, 0.2) is 119 Å². The Morgan fingerprint density at radius 3 is 2.00 bits per heavy atom. The second kappa shape index (κ2) is 31.6. The normalized spacial score (nSPS) is 15.7. The maximum absolute atomic E-state index is 14.0. The van der Waals surface area contributed by atoms with Crippen LogP contribution in [0.4, 0.5) is 11.4 Å². The molecule has 0 radical (unpaired) electrons. The van der Waals surface area contributed by atoms with Crippen molar-refractivity contribution in [2.75, 3.05) is 57.3 Å². The number of para-hydroxylation sites is 1. The van der Waals surface area contributed by atoms with Crippen molar-refractivity contribution in [3.8, 4) is 40.2 Å². The van der Waals surface area contributed by atoms with Gasteiger partial charge in [0.1, 0.15) is 53.0 Å². The van der Waals surface area contributed by atoms with E-state index >= 15 is 0 Å². The van der Waals surface area contributed by atoms with E-state index in [9.17, 15) is 9.59 Å². The fraction of sp³-hybridized carbons (Fsp3) is 0.471. The molecule has 2 aliphatic heterocycles. The zero-order valence-corrected chi connectivity index (χ0v) is 52.1. The van der Waals surface area contributed by atoms with Crippen LogP contribution in [0.1, 0.15) is 164 Å². The number of aldehydes is 1. The molecule has 8 rings (SSSR count). The summed E-state index contributed by atoms with van der Waals surface area (Å²) in [7, 11) is 1.66. The zero-order valence-electron chi connectivity index (χ0n) is 51.3. The summed E-state index contributed by atoms with van der Waals surface area (Å²) < 4.78 is 42.7. The SMILES string of the molecule is CCCCCCOc1ccc(OCC(CSC(CC)C(=O)NCC(C)c2nc3n(n2)N=C(Oc2ccccc2C=O)/C3=N/c2cc3c(cc2C)N(CCCOc2ccc(OC)cc2)C(C)(C)CC3C)Oc2ccc(OCCCCCC)cc2)cc1. The summed E-state index contributed by atoms with van der Waals surface area (Å²) in [5, 5.41) is 12.4. The fourth-order valence-electron chi connectivity index (χ4n) is 10.5. The van der Waals surface area contributed by atoms with Gasteiger partial charge in [-0.2, -0.15) is 0 Å². The first kappa shape index (κ1) is 63.5. The monoisotopic (exact) mass is 1180 g/mol. The summed E-state index contributed by atoms with van der Waals surface area (Å²) in [6.45, 7) is 20.6. The second-order valence-electron chi connectivity index (χ2n) is 22.6. The largest absolute Gasteiger partial charge is 0.497 e. The van der Waals surface area contributed by atoms with E-state index in [0.717, 1.165) is 85.6 Å². The Labute approximate surface area is 507 Å². The molecule has 454 valence electrons. The lowest BCUT2D eigenvalue weighted by atomic mass is 9.79. The first-order valence-electron chi connectivity index (χ1n) is 30.5. The summed E-state index contributed by atoms with van der Waals surface area (Å²) in [6.07, 6.45) is 11.9. The topological polar surface area (TPSA) is 169 Å². The number of carbonyl (C=O) groups excluding carboxylic acids is 2. The van der Waals surface area contributed by atoms with E-state index in [0.29, 0.717) is 72.2 Å². The molecule has 3 heterocycles. The molecule has 1 amide bonds. The van der Waals surface area contributed by atoms with Gasteiger partial charge in [-0.15, -0.1) is 26.8 Å². The average molecular weight is 1180 g/mol. The number of anilines is 1. The van der Waals surface area contributed by atoms with E-state index in [1.165, 1.54) is 53.5 Å². The predicted octanol–water partition coefficient (Wildman–Crippen LogP) is 14.5. The van der Waals surface area contributed by atoms with E-state index in [1.807, 2.05) is 86.6 Å². The predicted molar refractivity (Wildman–Crippen MR) is 340 cm³/mol. The molecular formula is C68H87N7O9S. The third-order valence-corrected chi connectivity index (χ3v) is 16.9. The fourth-order valence-corrected chi connectivity index (χ4v) is 11.6. The van der Waals surface area contributed by atoms with Gasteiger partial charge in [0.25, 0.3) is 5.90 Å². The van der Waals surface area contributed by atoms with Crippen molar-refractivity contribution < 1.29 is 42.7 Å². The van der Waals surface area contributed by atoms with E-state index in [4.69, 9.17) is 53.3 Å². The Kier molecular flexibility index (Phi) is 23.6. The number of methoxy groups -OCH3 is 1. The molecular weight excluding hydrogens is 1090 g/mol. The molecule has 0 aliphatic carbocycles. The van der Waals surface area contributed by atoms with Gasteiger partial charge in [-0.1, -0.05) is 85.3 Å². The van der Waals surface area contributed by atoms with Gasteiger partial charge in [0.15, 0.2) is 17.8 Å². The smallest absolute Gasteiger partial charge is 0.269 e. The van der Waals surface area contributed by atoms with Crippen LogP contribution in [0.25, 0.3) is 0 Å². The molecule has 16 nitrogen and oxygen atoms in total. The van der Waals surface area contributed by atoms with Crippen molar-refractivity contribution in [3.05, 3.63) is 138 Å². The highest BCUT2D eigenvalue weighted by Gasteiger charge is 2.37. The van der Waals surface area contributed by atoms with Crippen molar-refractivity contribution >= 4 is 46.9 Å². The number of nitrogens with one attached hydrogen (secondary N) is 1. The lowest BCUT2D eigenvalue weighted by molar-refractivity contribution is -0.120. The van der Waals surface area contributed by atoms with E-state index in [2.05, 4.69) is 63.9 Å². The van der Waals surface area contributed by atoms with Crippen molar-refractivity contribution in [2.45, 2.75) is 155 Å². The molecule has 1 N–H and O–H groups in total. The minimum Gasteiger partial charge on any atom is -0.497 e. The molecule has 0 saturated heterocycles. The minimum atomic E-state index is -0.381. The van der Waals surface area contributed by atoms with Gasteiger partial charge in [0.2, 0.25) is 11.7 Å². The number of unbranched alkanes of at least 4 members (excludes halogenated alkanes) is 6. The van der Waals surface area contributed by atoms with E-state index < -0.39 is 0 Å². The lowest BCUT2D eigenvalue weighted by Gasteiger charge is -2.48. The number of aliphatic imine (C=N–C) groups is 1. The highest BCUT2D eigenvalue weighted by Crippen LogP contribution is 2.46. The summed E-state index contributed by atoms with van der Waals surface area (Å²) in [6, 6.07) is 34.5. The number of carbonyl (C=O) groups is 2. The highest BCUT2D eigenvalue weighted by atomic mass is 32.2. The van der Waals surface area contributed by atoms with Crippen LogP contribution >= 0.6 is 11.8 Å². The number of amides is 1. The van der Waals surface area contributed by atoms with Crippen LogP contribution in [-0.2, 0) is 4.79 Å². The molecule has 0 bridgehead atoms. The third-order valence-electron chi connectivity index (χ3n) is 15.3. The molecule has 0 fully saturated rings. The summed E-state index contributed by atoms with van der Waals surface area (Å²) >= 11 is 1.54. The first-order chi connectivity index (χ1) is 41.3. The van der Waals surface area contributed by atoms with Crippen LogP contribution in [0, 0.1) is 6.92 Å². The minimum absolute atomic E-state index is 0.0951. The van der Waals surface area contributed by atoms with Crippen LogP contribution in [0.2, 0.25) is 0 Å². The average Bonchev–Trinajstić information content (AvgIpc) is 2.58. The molecule has 2 aliphatic rings. The van der Waals surface area contributed by atoms with Crippen LogP contribution in [0.5, 0.6) is 40.2 Å². The van der Waals surface area contributed by atoms with Crippen LogP contribution in [-0.4, -0.2) is 108 Å². The molecule has 4 atom stereocenters. The number of fused-ring (bicyclic) bond motifs is 2. The number of hydrogen-bond acceptors (Lipinski definition) is 15. The van der Waals surface area contributed by atoms with Crippen molar-refractivity contribution in [1.29, 1.82) is 0 Å². The third kappa shape index (κ3) is 17.8. The van der Waals surface area contributed by atoms with Gasteiger partial charge in [0.05, 0.1) is 43.4 Å². The van der Waals surface area contributed by atoms with Crippen molar-refractivity contribution in [3.63, 3.8) is 0 Å². The summed E-state index contributed by atoms with van der Waals surface area (Å²) in [5.74, 6) is 6.32. The number of thioether (sulfide) groups is 1. The van der Waals surface area contributed by atoms with Crippen LogP contribution in [0.3, 0.4) is 0 Å². The molecule has 1 aromatic heterocycles. The zero-order chi connectivity index (χ0) is 60.1. The van der Waals surface area contributed by atoms with Gasteiger partial charge in [0, 0.05) is 36.0 Å². The maximum atomic E-state index is 14.0. The van der Waals surface area contributed by atoms with Gasteiger partial charge < -0.3 is 43.4 Å². The number of nitrogens with zero attached hydrogens (tertiary/aromatic N) is 6. The quantitative estimate of drug-likeness (QED) is 0.0299. The van der Waals surface area contributed by atoms with E-state index in [1.54, 1.807) is 31.4 Å². The Hall–Kier alpha value is -7.53. The summed E-state index contributed by atoms with van der Waals surface area (Å²) in [4.78, 5) is 40.4. The number of aryl methyl sites for hydroxylation is 1. The Morgan fingerprint density at radius 2 is 1.39 bits per heavy atom. The van der Waals surface area contributed by atoms with Crippen molar-refractivity contribution in [2.24, 2.45) is 10.1 Å². The molecule has 5 aromatic carbocycles. The number of ether oxygens (including phenoxy) is 7. The van der Waals surface area contributed by atoms with Gasteiger partial charge >= 0.3 is 0 Å². The maximum Gasteiger partial charge on any atom is 0.269 e. The Bertz CT molecular complexity index is 3150. The van der Waals surface area contributed by atoms with Crippen molar-refractivity contribution in [1.82, 2.24) is 20.2 Å². The first-order valence-corrected chi connectivity index (χ1v) is 31.5. The molecule has 0 saturated carbocycles. The van der Waals surface area contributed by atoms with Gasteiger partial charge in [-0.05, 0) is 167 Å². The van der Waals surface area contributed by atoms with E-state index in [-0.39, 0.29) is 53.7 Å². The number of rotatable bonds is 34. The highest BCUT2D eigenvalue weighted by molar-refractivity contribution is 8.00. The second-order valence-corrected chi connectivity index (χ2v) is 23.9. The Morgan fingerprint density at radius 1 is 0.788 bits per heavy atom. The molecule has 17 heteroatoms. The van der Waals surface area contributed by atoms with Gasteiger partial charge in [-0.25, -0.2) is 9.98 Å². The molecule has 4 unspecified atom stereocenters. The molecule has 0 spiro atoms. The van der Waals surface area contributed by atoms with Crippen LogP contribution < -0.4 is 43.4 Å². The number of hydrogen-bond donors (Lipinski definition) is 1. The summed E-state index contributed by atoms with van der Waals surface area (Å²) in [5.41, 5.74) is 4.72.